The molecule has 0 saturated carbocycles. The summed E-state index contributed by atoms with van der Waals surface area (Å²) in [4.78, 5) is 14.7. The number of hydrogen-bond acceptors (Lipinski definition) is 2. The number of hydrogen-bond donors (Lipinski definition) is 0. The van der Waals surface area contributed by atoms with E-state index in [-0.39, 0.29) is 0 Å². The van der Waals surface area contributed by atoms with Crippen LogP contribution in [0.4, 0.5) is 0 Å². The number of likely N-dealkylation sites (N-methyl/N-ethyl adjacent to an activating group) is 1. The van der Waals surface area contributed by atoms with Gasteiger partial charge in [-0.3, -0.25) is 9.69 Å². The molecule has 70 valence electrons. The van der Waals surface area contributed by atoms with Crippen molar-refractivity contribution < 1.29 is 4.79 Å². The maximum atomic E-state index is 10.5. The van der Waals surface area contributed by atoms with Gasteiger partial charge in [0.15, 0.2) is 0 Å². The number of amides is 1. The van der Waals surface area contributed by atoms with Gasteiger partial charge in [-0.2, -0.15) is 0 Å². The molecule has 0 aromatic rings. The predicted molar refractivity (Wildman–Crippen MR) is 48.9 cm³/mol. The normalized spacial score (nSPS) is 26.3. The highest BCUT2D eigenvalue weighted by Gasteiger charge is 2.25. The van der Waals surface area contributed by atoms with E-state index in [1.54, 1.807) is 0 Å². The Balaban J connectivity index is 2.52. The lowest BCUT2D eigenvalue weighted by Crippen LogP contribution is -2.52. The molecule has 0 N–H and O–H groups in total. The van der Waals surface area contributed by atoms with Crippen LogP contribution in [0.5, 0.6) is 0 Å². The lowest BCUT2D eigenvalue weighted by molar-refractivity contribution is -0.121. The Hall–Kier alpha value is -0.570. The zero-order chi connectivity index (χ0) is 9.14. The van der Waals surface area contributed by atoms with Crippen LogP contribution in [-0.2, 0) is 4.79 Å². The molecule has 1 fully saturated rings. The van der Waals surface area contributed by atoms with Crippen LogP contribution < -0.4 is 0 Å². The minimum atomic E-state index is 0.531. The van der Waals surface area contributed by atoms with Crippen molar-refractivity contribution >= 4 is 6.41 Å². The van der Waals surface area contributed by atoms with Crippen LogP contribution in [0.15, 0.2) is 0 Å². The van der Waals surface area contributed by atoms with Crippen molar-refractivity contribution in [3.8, 4) is 0 Å². The zero-order valence-electron chi connectivity index (χ0n) is 8.16. The van der Waals surface area contributed by atoms with Crippen molar-refractivity contribution in [2.45, 2.75) is 19.9 Å². The predicted octanol–water partition coefficient (Wildman–Crippen LogP) is 0.415. The molecule has 1 heterocycles. The van der Waals surface area contributed by atoms with Gasteiger partial charge in [0.1, 0.15) is 0 Å². The topological polar surface area (TPSA) is 23.6 Å². The van der Waals surface area contributed by atoms with Crippen LogP contribution in [0, 0.1) is 5.92 Å². The molecule has 0 aromatic carbocycles. The summed E-state index contributed by atoms with van der Waals surface area (Å²) in [5, 5.41) is 0. The summed E-state index contributed by atoms with van der Waals surface area (Å²) in [5.74, 6) is 0.623. The maximum absolute atomic E-state index is 10.5. The molecule has 0 bridgehead atoms. The van der Waals surface area contributed by atoms with Gasteiger partial charge in [-0.1, -0.05) is 13.8 Å². The fourth-order valence-electron chi connectivity index (χ4n) is 1.74. The molecule has 0 aromatic heterocycles. The van der Waals surface area contributed by atoms with Gasteiger partial charge in [0.25, 0.3) is 0 Å². The fraction of sp³-hybridized carbons (Fsp3) is 0.889. The van der Waals surface area contributed by atoms with Gasteiger partial charge < -0.3 is 4.90 Å². The van der Waals surface area contributed by atoms with E-state index in [1.807, 2.05) is 4.90 Å². The van der Waals surface area contributed by atoms with Crippen LogP contribution >= 0.6 is 0 Å². The monoisotopic (exact) mass is 170 g/mol. The first-order chi connectivity index (χ1) is 5.65. The molecule has 1 atom stereocenters. The summed E-state index contributed by atoms with van der Waals surface area (Å²) in [6, 6.07) is 0.531. The molecule has 1 saturated heterocycles. The van der Waals surface area contributed by atoms with Crippen LogP contribution in [0.3, 0.4) is 0 Å². The zero-order valence-corrected chi connectivity index (χ0v) is 8.16. The number of rotatable bonds is 2. The highest BCUT2D eigenvalue weighted by atomic mass is 16.1. The Labute approximate surface area is 74.3 Å². The van der Waals surface area contributed by atoms with Gasteiger partial charge in [0.05, 0.1) is 0 Å². The first kappa shape index (κ1) is 9.52. The van der Waals surface area contributed by atoms with Gasteiger partial charge in [-0.25, -0.2) is 0 Å². The summed E-state index contributed by atoms with van der Waals surface area (Å²) in [6.07, 6.45) is 0.961. The van der Waals surface area contributed by atoms with E-state index in [9.17, 15) is 4.79 Å². The Morgan fingerprint density at radius 2 is 2.08 bits per heavy atom. The maximum Gasteiger partial charge on any atom is 0.209 e. The molecule has 1 aliphatic rings. The Morgan fingerprint density at radius 3 is 2.58 bits per heavy atom. The molecule has 1 amide bonds. The van der Waals surface area contributed by atoms with E-state index in [4.69, 9.17) is 0 Å². The second kappa shape index (κ2) is 3.90. The molecule has 1 aliphatic heterocycles. The smallest absolute Gasteiger partial charge is 0.209 e. The van der Waals surface area contributed by atoms with Crippen LogP contribution in [0.25, 0.3) is 0 Å². The molecular weight excluding hydrogens is 152 g/mol. The minimum absolute atomic E-state index is 0.531. The molecule has 0 aliphatic carbocycles. The number of carbonyl (C=O) groups excluding carboxylic acids is 1. The second-order valence-electron chi connectivity index (χ2n) is 3.89. The third-order valence-corrected chi connectivity index (χ3v) is 2.65. The van der Waals surface area contributed by atoms with Crippen molar-refractivity contribution in [3.63, 3.8) is 0 Å². The first-order valence-electron chi connectivity index (χ1n) is 4.54. The molecule has 1 rings (SSSR count). The Bertz CT molecular complexity index is 159. The first-order valence-corrected chi connectivity index (χ1v) is 4.54. The van der Waals surface area contributed by atoms with Crippen molar-refractivity contribution in [1.29, 1.82) is 0 Å². The third-order valence-electron chi connectivity index (χ3n) is 2.65. The van der Waals surface area contributed by atoms with E-state index in [2.05, 4.69) is 25.8 Å². The highest BCUT2D eigenvalue weighted by molar-refractivity contribution is 5.47. The third kappa shape index (κ3) is 1.97. The van der Waals surface area contributed by atoms with E-state index in [0.717, 1.165) is 26.0 Å². The van der Waals surface area contributed by atoms with Gasteiger partial charge in [-0.15, -0.1) is 0 Å². The van der Waals surface area contributed by atoms with Crippen molar-refractivity contribution in [2.75, 3.05) is 26.7 Å². The van der Waals surface area contributed by atoms with Crippen molar-refractivity contribution in [3.05, 3.63) is 0 Å². The number of nitrogens with zero attached hydrogens (tertiary/aromatic N) is 2. The Kier molecular flexibility index (Phi) is 3.09. The number of piperazine rings is 1. The molecule has 3 heteroatoms. The molecule has 12 heavy (non-hydrogen) atoms. The summed E-state index contributed by atoms with van der Waals surface area (Å²) in [5.41, 5.74) is 0. The van der Waals surface area contributed by atoms with E-state index in [0.29, 0.717) is 12.0 Å². The molecule has 3 nitrogen and oxygen atoms in total. The molecular formula is C9H18N2O. The van der Waals surface area contributed by atoms with Gasteiger partial charge in [0.2, 0.25) is 6.41 Å². The average Bonchev–Trinajstić information content (AvgIpc) is 2.05. The van der Waals surface area contributed by atoms with E-state index >= 15 is 0 Å². The highest BCUT2D eigenvalue weighted by Crippen LogP contribution is 2.13. The quantitative estimate of drug-likeness (QED) is 0.561. The summed E-state index contributed by atoms with van der Waals surface area (Å²) in [7, 11) is 2.13. The largest absolute Gasteiger partial charge is 0.342 e. The van der Waals surface area contributed by atoms with E-state index < -0.39 is 0 Å². The fourth-order valence-corrected chi connectivity index (χ4v) is 1.74. The minimum Gasteiger partial charge on any atom is -0.342 e. The van der Waals surface area contributed by atoms with Gasteiger partial charge >= 0.3 is 0 Å². The van der Waals surface area contributed by atoms with Gasteiger partial charge in [-0.05, 0) is 13.0 Å². The summed E-state index contributed by atoms with van der Waals surface area (Å²) >= 11 is 0. The summed E-state index contributed by atoms with van der Waals surface area (Å²) < 4.78 is 0. The second-order valence-corrected chi connectivity index (χ2v) is 3.89. The summed E-state index contributed by atoms with van der Waals surface area (Å²) in [6.45, 7) is 7.17. The van der Waals surface area contributed by atoms with Crippen LogP contribution in [0.2, 0.25) is 0 Å². The lowest BCUT2D eigenvalue weighted by Gasteiger charge is -2.39. The van der Waals surface area contributed by atoms with Gasteiger partial charge in [0, 0.05) is 25.7 Å². The van der Waals surface area contributed by atoms with Crippen LogP contribution in [-0.4, -0.2) is 48.9 Å². The molecule has 1 unspecified atom stereocenters. The van der Waals surface area contributed by atoms with E-state index in [1.165, 1.54) is 0 Å². The molecule has 0 spiro atoms. The van der Waals surface area contributed by atoms with Crippen molar-refractivity contribution in [1.82, 2.24) is 9.80 Å². The lowest BCUT2D eigenvalue weighted by atomic mass is 10.0. The van der Waals surface area contributed by atoms with Crippen molar-refractivity contribution in [2.24, 2.45) is 5.92 Å². The SMILES string of the molecule is CC(C)C1CN(C=O)CCN1C. The number of carbonyl (C=O) groups is 1. The molecule has 0 radical (unpaired) electrons. The average molecular weight is 170 g/mol. The Morgan fingerprint density at radius 1 is 1.42 bits per heavy atom. The standard InChI is InChI=1S/C9H18N2O/c1-8(2)9-6-11(7-12)5-4-10(9)3/h7-9H,4-6H2,1-3H3. The van der Waals surface area contributed by atoms with Crippen LogP contribution in [0.1, 0.15) is 13.8 Å².